The lowest BCUT2D eigenvalue weighted by molar-refractivity contribution is -0.136. The minimum atomic E-state index is -0.235. The Morgan fingerprint density at radius 2 is 2.41 bits per heavy atom. The van der Waals surface area contributed by atoms with Crippen molar-refractivity contribution in [3.8, 4) is 0 Å². The highest BCUT2D eigenvalue weighted by atomic mass is 19.1. The second-order valence-corrected chi connectivity index (χ2v) is 4.29. The van der Waals surface area contributed by atoms with Gasteiger partial charge < -0.3 is 9.64 Å². The number of hydrogen-bond donors (Lipinski definition) is 0. The molecule has 0 saturated carbocycles. The molecule has 1 fully saturated rings. The molecule has 1 saturated heterocycles. The summed E-state index contributed by atoms with van der Waals surface area (Å²) in [7, 11) is 0. The largest absolute Gasteiger partial charge is 0.374 e. The Kier molecular flexibility index (Phi) is 3.74. The van der Waals surface area contributed by atoms with Gasteiger partial charge in [0.15, 0.2) is 0 Å². The Hall–Kier alpha value is -1.42. The van der Waals surface area contributed by atoms with Gasteiger partial charge in [-0.2, -0.15) is 0 Å². The van der Waals surface area contributed by atoms with Crippen LogP contribution in [0, 0.1) is 5.82 Å². The average Bonchev–Trinajstić information content (AvgIpc) is 2.29. The first-order chi connectivity index (χ1) is 8.15. The van der Waals surface area contributed by atoms with Crippen molar-refractivity contribution >= 4 is 5.91 Å². The highest BCUT2D eigenvalue weighted by Crippen LogP contribution is 2.12. The minimum absolute atomic E-state index is 0.0329. The Morgan fingerprint density at radius 3 is 3.12 bits per heavy atom. The maximum atomic E-state index is 13.0. The molecule has 17 heavy (non-hydrogen) atoms. The van der Waals surface area contributed by atoms with Crippen LogP contribution in [0.2, 0.25) is 0 Å². The third-order valence-electron chi connectivity index (χ3n) is 2.94. The SMILES string of the molecule is CC(=O)N1CCOC(Cc2cccc(F)c2)C1. The molecule has 1 amide bonds. The molecule has 4 heteroatoms. The number of rotatable bonds is 2. The summed E-state index contributed by atoms with van der Waals surface area (Å²) < 4.78 is 18.6. The van der Waals surface area contributed by atoms with Gasteiger partial charge in [0.25, 0.3) is 0 Å². The molecule has 2 rings (SSSR count). The van der Waals surface area contributed by atoms with Gasteiger partial charge in [0.2, 0.25) is 5.91 Å². The maximum absolute atomic E-state index is 13.0. The Bertz CT molecular complexity index is 408. The summed E-state index contributed by atoms with van der Waals surface area (Å²) in [5.74, 6) is -0.167. The molecule has 1 atom stereocenters. The van der Waals surface area contributed by atoms with Gasteiger partial charge in [-0.25, -0.2) is 4.39 Å². The fourth-order valence-corrected chi connectivity index (χ4v) is 2.06. The molecule has 92 valence electrons. The van der Waals surface area contributed by atoms with E-state index in [1.54, 1.807) is 17.9 Å². The van der Waals surface area contributed by atoms with Crippen LogP contribution in [0.25, 0.3) is 0 Å². The zero-order chi connectivity index (χ0) is 12.3. The van der Waals surface area contributed by atoms with Crippen LogP contribution < -0.4 is 0 Å². The van der Waals surface area contributed by atoms with E-state index >= 15 is 0 Å². The summed E-state index contributed by atoms with van der Waals surface area (Å²) in [6.45, 7) is 3.35. The van der Waals surface area contributed by atoms with E-state index in [9.17, 15) is 9.18 Å². The van der Waals surface area contributed by atoms with Crippen molar-refractivity contribution in [1.29, 1.82) is 0 Å². The van der Waals surface area contributed by atoms with Crippen LogP contribution >= 0.6 is 0 Å². The van der Waals surface area contributed by atoms with Crippen LogP contribution in [0.3, 0.4) is 0 Å². The molecule has 0 N–H and O–H groups in total. The molecule has 0 spiro atoms. The van der Waals surface area contributed by atoms with Gasteiger partial charge in [-0.1, -0.05) is 12.1 Å². The monoisotopic (exact) mass is 237 g/mol. The van der Waals surface area contributed by atoms with Gasteiger partial charge in [0.1, 0.15) is 5.82 Å². The van der Waals surface area contributed by atoms with Crippen LogP contribution in [0.4, 0.5) is 4.39 Å². The molecule has 1 aliphatic rings. The summed E-state index contributed by atoms with van der Waals surface area (Å²) >= 11 is 0. The second-order valence-electron chi connectivity index (χ2n) is 4.29. The summed E-state index contributed by atoms with van der Waals surface area (Å²) in [4.78, 5) is 13.0. The number of hydrogen-bond acceptors (Lipinski definition) is 2. The molecular weight excluding hydrogens is 221 g/mol. The summed E-state index contributed by atoms with van der Waals surface area (Å²) in [6.07, 6.45) is 0.607. The number of ether oxygens (including phenoxy) is 1. The third kappa shape index (κ3) is 3.27. The topological polar surface area (TPSA) is 29.5 Å². The standard InChI is InChI=1S/C13H16FNO2/c1-10(16)15-5-6-17-13(9-15)8-11-3-2-4-12(14)7-11/h2-4,7,13H,5-6,8-9H2,1H3. The van der Waals surface area contributed by atoms with Crippen LogP contribution in [0.15, 0.2) is 24.3 Å². The lowest BCUT2D eigenvalue weighted by atomic mass is 10.1. The van der Waals surface area contributed by atoms with Gasteiger partial charge in [0, 0.05) is 26.4 Å². The van der Waals surface area contributed by atoms with E-state index in [1.165, 1.54) is 12.1 Å². The van der Waals surface area contributed by atoms with E-state index in [-0.39, 0.29) is 17.8 Å². The van der Waals surface area contributed by atoms with Gasteiger partial charge in [-0.15, -0.1) is 0 Å². The van der Waals surface area contributed by atoms with Crippen molar-refractivity contribution in [2.24, 2.45) is 0 Å². The normalized spacial score (nSPS) is 20.4. The molecule has 0 radical (unpaired) electrons. The highest BCUT2D eigenvalue weighted by Gasteiger charge is 2.22. The molecule has 3 nitrogen and oxygen atoms in total. The van der Waals surface area contributed by atoms with Crippen LogP contribution in [0.1, 0.15) is 12.5 Å². The Balaban J connectivity index is 1.97. The van der Waals surface area contributed by atoms with Crippen molar-refractivity contribution in [1.82, 2.24) is 4.90 Å². The van der Waals surface area contributed by atoms with E-state index in [4.69, 9.17) is 4.74 Å². The van der Waals surface area contributed by atoms with Crippen LogP contribution in [-0.4, -0.2) is 36.6 Å². The molecule has 1 aromatic rings. The van der Waals surface area contributed by atoms with Gasteiger partial charge in [-0.3, -0.25) is 4.79 Å². The lowest BCUT2D eigenvalue weighted by Crippen LogP contribution is -2.45. The highest BCUT2D eigenvalue weighted by molar-refractivity contribution is 5.73. The number of nitrogens with zero attached hydrogens (tertiary/aromatic N) is 1. The lowest BCUT2D eigenvalue weighted by Gasteiger charge is -2.32. The molecule has 0 aromatic heterocycles. The number of benzene rings is 1. The minimum Gasteiger partial charge on any atom is -0.374 e. The molecular formula is C13H16FNO2. The first-order valence-corrected chi connectivity index (χ1v) is 5.76. The third-order valence-corrected chi connectivity index (χ3v) is 2.94. The van der Waals surface area contributed by atoms with Crippen molar-refractivity contribution in [3.05, 3.63) is 35.6 Å². The van der Waals surface area contributed by atoms with Gasteiger partial charge in [-0.05, 0) is 17.7 Å². The molecule has 1 heterocycles. The fraction of sp³-hybridized carbons (Fsp3) is 0.462. The fourth-order valence-electron chi connectivity index (χ4n) is 2.06. The zero-order valence-corrected chi connectivity index (χ0v) is 9.86. The van der Waals surface area contributed by atoms with Crippen LogP contribution in [0.5, 0.6) is 0 Å². The molecule has 1 aliphatic heterocycles. The molecule has 0 aliphatic carbocycles. The average molecular weight is 237 g/mol. The molecule has 1 unspecified atom stereocenters. The Morgan fingerprint density at radius 1 is 1.59 bits per heavy atom. The van der Waals surface area contributed by atoms with Gasteiger partial charge in [0.05, 0.1) is 12.7 Å². The smallest absolute Gasteiger partial charge is 0.219 e. The number of morpholine rings is 1. The van der Waals surface area contributed by atoms with E-state index < -0.39 is 0 Å². The summed E-state index contributed by atoms with van der Waals surface area (Å²) in [6, 6.07) is 6.50. The maximum Gasteiger partial charge on any atom is 0.219 e. The number of carbonyl (C=O) groups excluding carboxylic acids is 1. The second kappa shape index (κ2) is 5.27. The summed E-state index contributed by atoms with van der Waals surface area (Å²) in [5, 5.41) is 0. The quantitative estimate of drug-likeness (QED) is 0.782. The summed E-state index contributed by atoms with van der Waals surface area (Å²) in [5.41, 5.74) is 0.903. The van der Waals surface area contributed by atoms with E-state index in [1.807, 2.05) is 6.07 Å². The van der Waals surface area contributed by atoms with Crippen LogP contribution in [-0.2, 0) is 16.0 Å². The van der Waals surface area contributed by atoms with Gasteiger partial charge >= 0.3 is 0 Å². The molecule has 0 bridgehead atoms. The van der Waals surface area contributed by atoms with E-state index in [2.05, 4.69) is 0 Å². The first kappa shape index (κ1) is 12.0. The number of halogens is 1. The first-order valence-electron chi connectivity index (χ1n) is 5.76. The Labute approximate surface area is 100 Å². The van der Waals surface area contributed by atoms with Crippen molar-refractivity contribution in [2.45, 2.75) is 19.4 Å². The van der Waals surface area contributed by atoms with E-state index in [0.717, 1.165) is 5.56 Å². The van der Waals surface area contributed by atoms with Crippen molar-refractivity contribution in [3.63, 3.8) is 0 Å². The van der Waals surface area contributed by atoms with Crippen molar-refractivity contribution < 1.29 is 13.9 Å². The number of amides is 1. The van der Waals surface area contributed by atoms with Crippen molar-refractivity contribution in [2.75, 3.05) is 19.7 Å². The number of carbonyl (C=O) groups is 1. The molecule has 1 aromatic carbocycles. The van der Waals surface area contributed by atoms with E-state index in [0.29, 0.717) is 26.1 Å². The zero-order valence-electron chi connectivity index (χ0n) is 9.86. The predicted molar refractivity (Wildman–Crippen MR) is 62.1 cm³/mol. The predicted octanol–water partition coefficient (Wildman–Crippen LogP) is 1.62.